The molecule has 2 aromatic rings. The highest BCUT2D eigenvalue weighted by Gasteiger charge is 2.31. The van der Waals surface area contributed by atoms with Crippen LogP contribution in [-0.4, -0.2) is 55.7 Å². The van der Waals surface area contributed by atoms with Gasteiger partial charge in [0.15, 0.2) is 0 Å². The normalized spacial score (nSPS) is 14.4. The van der Waals surface area contributed by atoms with Crippen LogP contribution >= 0.6 is 11.3 Å². The van der Waals surface area contributed by atoms with Gasteiger partial charge in [-0.3, -0.25) is 14.6 Å². The molecule has 6 heteroatoms. The van der Waals surface area contributed by atoms with Crippen LogP contribution in [0.25, 0.3) is 0 Å². The molecule has 0 radical (unpaired) electrons. The lowest BCUT2D eigenvalue weighted by atomic mass is 10.1. The Hall–Kier alpha value is -1.89. The van der Waals surface area contributed by atoms with E-state index in [1.807, 2.05) is 29.2 Å². The van der Waals surface area contributed by atoms with E-state index < -0.39 is 0 Å². The van der Waals surface area contributed by atoms with E-state index in [0.29, 0.717) is 12.2 Å². The molecule has 0 N–H and O–H groups in total. The van der Waals surface area contributed by atoms with E-state index in [1.165, 1.54) is 16.0 Å². The highest BCUT2D eigenvalue weighted by Crippen LogP contribution is 2.39. The van der Waals surface area contributed by atoms with Crippen molar-refractivity contribution in [3.05, 3.63) is 45.8 Å². The number of anilines is 1. The van der Waals surface area contributed by atoms with E-state index in [2.05, 4.69) is 37.5 Å². The molecule has 28 heavy (non-hydrogen) atoms. The quantitative estimate of drug-likeness (QED) is 0.699. The Morgan fingerprint density at radius 3 is 2.46 bits per heavy atom. The zero-order chi connectivity index (χ0) is 20.3. The van der Waals surface area contributed by atoms with Crippen LogP contribution in [-0.2, 0) is 6.54 Å². The number of fused-ring (bicyclic) bond motifs is 1. The van der Waals surface area contributed by atoms with Crippen molar-refractivity contribution < 1.29 is 9.53 Å². The number of likely N-dealkylation sites (N-methyl/N-ethyl adjacent to an activating group) is 1. The number of nitrogens with zero attached hydrogens (tertiary/aromatic N) is 3. The molecule has 1 aromatic carbocycles. The number of ether oxygens (including phenoxy) is 1. The minimum atomic E-state index is 0.0534. The summed E-state index contributed by atoms with van der Waals surface area (Å²) in [5.41, 5.74) is 3.32. The minimum Gasteiger partial charge on any atom is -0.497 e. The molecule has 0 saturated carbocycles. The largest absolute Gasteiger partial charge is 0.497 e. The fourth-order valence-corrected chi connectivity index (χ4v) is 4.77. The van der Waals surface area contributed by atoms with Crippen LogP contribution in [0.1, 0.15) is 40.2 Å². The summed E-state index contributed by atoms with van der Waals surface area (Å²) in [4.78, 5) is 21.4. The van der Waals surface area contributed by atoms with E-state index in [9.17, 15) is 4.79 Å². The summed E-state index contributed by atoms with van der Waals surface area (Å²) in [5, 5.41) is 1.11. The summed E-state index contributed by atoms with van der Waals surface area (Å²) in [6, 6.07) is 7.40. The van der Waals surface area contributed by atoms with Crippen LogP contribution in [0.5, 0.6) is 5.75 Å². The average molecular weight is 402 g/mol. The first-order chi connectivity index (χ1) is 13.5. The summed E-state index contributed by atoms with van der Waals surface area (Å²) in [7, 11) is 1.64. The second-order valence-electron chi connectivity index (χ2n) is 7.25. The van der Waals surface area contributed by atoms with Gasteiger partial charge in [-0.1, -0.05) is 13.8 Å². The number of hydrogen-bond acceptors (Lipinski definition) is 5. The maximum Gasteiger partial charge on any atom is 0.260 e. The van der Waals surface area contributed by atoms with Crippen LogP contribution in [0.15, 0.2) is 24.3 Å². The van der Waals surface area contributed by atoms with Gasteiger partial charge in [0.25, 0.3) is 5.91 Å². The van der Waals surface area contributed by atoms with Crippen LogP contribution in [0.2, 0.25) is 0 Å². The van der Waals surface area contributed by atoms with Crippen molar-refractivity contribution in [1.29, 1.82) is 0 Å². The van der Waals surface area contributed by atoms with Crippen molar-refractivity contribution in [2.75, 3.05) is 44.9 Å². The lowest BCUT2D eigenvalue weighted by Gasteiger charge is -2.36. The fourth-order valence-electron chi connectivity index (χ4n) is 3.62. The second-order valence-corrected chi connectivity index (χ2v) is 8.45. The van der Waals surface area contributed by atoms with E-state index in [1.54, 1.807) is 18.4 Å². The molecule has 5 nitrogen and oxygen atoms in total. The molecule has 0 bridgehead atoms. The monoisotopic (exact) mass is 401 g/mol. The van der Waals surface area contributed by atoms with Crippen molar-refractivity contribution in [3.8, 4) is 5.75 Å². The minimum absolute atomic E-state index is 0.0534. The van der Waals surface area contributed by atoms with Crippen molar-refractivity contribution in [2.45, 2.75) is 34.2 Å². The molecule has 0 unspecified atom stereocenters. The molecule has 2 heterocycles. The van der Waals surface area contributed by atoms with Crippen molar-refractivity contribution in [2.24, 2.45) is 0 Å². The molecule has 0 fully saturated rings. The van der Waals surface area contributed by atoms with Crippen molar-refractivity contribution >= 4 is 22.2 Å². The van der Waals surface area contributed by atoms with Gasteiger partial charge >= 0.3 is 0 Å². The topological polar surface area (TPSA) is 36.0 Å². The molecule has 1 aliphatic rings. The molecule has 0 aliphatic carbocycles. The zero-order valence-electron chi connectivity index (χ0n) is 17.6. The predicted molar refractivity (Wildman–Crippen MR) is 117 cm³/mol. The zero-order valence-corrected chi connectivity index (χ0v) is 18.4. The van der Waals surface area contributed by atoms with E-state index in [4.69, 9.17) is 4.74 Å². The van der Waals surface area contributed by atoms with Crippen molar-refractivity contribution in [1.82, 2.24) is 9.80 Å². The van der Waals surface area contributed by atoms with E-state index in [0.717, 1.165) is 43.5 Å². The molecule has 152 valence electrons. The summed E-state index contributed by atoms with van der Waals surface area (Å²) >= 11 is 1.73. The molecule has 0 saturated heterocycles. The standard InChI is InChI=1S/C22H31N3O2S/c1-6-23(7-2)12-13-24-14-20-16(3)17(4)28-22(20)25(15-24)21(26)18-8-10-19(27-5)11-9-18/h8-11H,6-7,12-15H2,1-5H3. The van der Waals surface area contributed by atoms with Crippen LogP contribution in [0, 0.1) is 13.8 Å². The Morgan fingerprint density at radius 1 is 1.18 bits per heavy atom. The number of benzene rings is 1. The maximum absolute atomic E-state index is 13.3. The van der Waals surface area contributed by atoms with Gasteiger partial charge in [-0.05, 0) is 56.8 Å². The Morgan fingerprint density at radius 2 is 1.86 bits per heavy atom. The first-order valence-electron chi connectivity index (χ1n) is 9.97. The first-order valence-corrected chi connectivity index (χ1v) is 10.8. The van der Waals surface area contributed by atoms with E-state index in [-0.39, 0.29) is 5.91 Å². The third-order valence-corrected chi connectivity index (χ3v) is 6.94. The fraction of sp³-hybridized carbons (Fsp3) is 0.500. The Labute approximate surface area is 172 Å². The summed E-state index contributed by atoms with van der Waals surface area (Å²) in [5.74, 6) is 0.817. The van der Waals surface area contributed by atoms with Gasteiger partial charge in [-0.25, -0.2) is 0 Å². The highest BCUT2D eigenvalue weighted by molar-refractivity contribution is 7.16. The van der Waals surface area contributed by atoms with Gasteiger partial charge in [0.2, 0.25) is 0 Å². The highest BCUT2D eigenvalue weighted by atomic mass is 32.1. The molecule has 1 aromatic heterocycles. The molecular weight excluding hydrogens is 370 g/mol. The number of thiophene rings is 1. The molecule has 1 amide bonds. The molecule has 0 spiro atoms. The molecule has 1 aliphatic heterocycles. The number of aryl methyl sites for hydroxylation is 1. The lowest BCUT2D eigenvalue weighted by molar-refractivity contribution is 0.0955. The number of methoxy groups -OCH3 is 1. The Balaban J connectivity index is 1.85. The molecular formula is C22H31N3O2S. The van der Waals surface area contributed by atoms with Gasteiger partial charge in [0.1, 0.15) is 10.8 Å². The predicted octanol–water partition coefficient (Wildman–Crippen LogP) is 4.14. The third-order valence-electron chi connectivity index (χ3n) is 5.67. The average Bonchev–Trinajstić information content (AvgIpc) is 3.02. The van der Waals surface area contributed by atoms with Gasteiger partial charge in [0.05, 0.1) is 13.8 Å². The SMILES string of the molecule is CCN(CC)CCN1Cc2c(sc(C)c2C)N(C(=O)c2ccc(OC)cc2)C1. The lowest BCUT2D eigenvalue weighted by Crippen LogP contribution is -2.47. The van der Waals surface area contributed by atoms with E-state index >= 15 is 0 Å². The Bertz CT molecular complexity index is 812. The number of amides is 1. The second kappa shape index (κ2) is 9.07. The van der Waals surface area contributed by atoms with Crippen molar-refractivity contribution in [3.63, 3.8) is 0 Å². The van der Waals surface area contributed by atoms with Gasteiger partial charge in [-0.2, -0.15) is 0 Å². The summed E-state index contributed by atoms with van der Waals surface area (Å²) < 4.78 is 5.23. The third kappa shape index (κ3) is 4.24. The molecule has 0 atom stereocenters. The maximum atomic E-state index is 13.3. The number of carbonyl (C=O) groups excluding carboxylic acids is 1. The van der Waals surface area contributed by atoms with Crippen LogP contribution in [0.3, 0.4) is 0 Å². The van der Waals surface area contributed by atoms with Gasteiger partial charge < -0.3 is 9.64 Å². The summed E-state index contributed by atoms with van der Waals surface area (Å²) in [6.45, 7) is 14.4. The molecule has 3 rings (SSSR count). The summed E-state index contributed by atoms with van der Waals surface area (Å²) in [6.07, 6.45) is 0. The van der Waals surface area contributed by atoms with Gasteiger partial charge in [-0.15, -0.1) is 11.3 Å². The first kappa shape index (κ1) is 20.8. The number of rotatable bonds is 7. The smallest absolute Gasteiger partial charge is 0.260 e. The Kier molecular flexibility index (Phi) is 6.75. The van der Waals surface area contributed by atoms with Crippen LogP contribution in [0.4, 0.5) is 5.00 Å². The number of hydrogen-bond donors (Lipinski definition) is 0. The van der Waals surface area contributed by atoms with Crippen LogP contribution < -0.4 is 9.64 Å². The van der Waals surface area contributed by atoms with Gasteiger partial charge in [0, 0.05) is 35.6 Å². The number of carbonyl (C=O) groups is 1.